The predicted octanol–water partition coefficient (Wildman–Crippen LogP) is -2.37. The molecule has 0 amide bonds. The lowest BCUT2D eigenvalue weighted by Gasteiger charge is -2.39. The van der Waals surface area contributed by atoms with Crippen molar-refractivity contribution in [3.63, 3.8) is 0 Å². The fourth-order valence-electron chi connectivity index (χ4n) is 4.72. The number of aliphatic hydroxyl groups excluding tert-OH is 8. The first-order chi connectivity index (χ1) is 19.5. The van der Waals surface area contributed by atoms with E-state index in [1.807, 2.05) is 0 Å². The van der Waals surface area contributed by atoms with Crippen molar-refractivity contribution in [3.05, 3.63) is 47.5 Å². The van der Waals surface area contributed by atoms with E-state index in [2.05, 4.69) is 0 Å². The van der Waals surface area contributed by atoms with Gasteiger partial charge >= 0.3 is 0 Å². The molecule has 4 rings (SSSR count). The third-order valence-electron chi connectivity index (χ3n) is 7.21. The summed E-state index contributed by atoms with van der Waals surface area (Å²) in [6.45, 7) is -1.20. The quantitative estimate of drug-likeness (QED) is 0.140. The molecule has 0 spiro atoms. The SMILES string of the molecule is OC[C@H]1OC(Oc2ccc(CCCc3ccc(OC4O[C@H](CO)[C@@H](O)[C@H](O)[C@@H]4O)cc3O)c(O)c2)[C@@H](O)[C@@H](O)[C@@H]1O. The number of rotatable bonds is 10. The molecule has 14 heteroatoms. The Bertz CT molecular complexity index is 1060. The molecule has 0 aliphatic carbocycles. The Labute approximate surface area is 234 Å². The number of benzene rings is 2. The van der Waals surface area contributed by atoms with Crippen LogP contribution in [0.2, 0.25) is 0 Å². The van der Waals surface area contributed by atoms with E-state index in [-0.39, 0.29) is 23.0 Å². The summed E-state index contributed by atoms with van der Waals surface area (Å²) in [5.74, 6) is 0.0607. The van der Waals surface area contributed by atoms with Gasteiger partial charge in [-0.05, 0) is 42.5 Å². The van der Waals surface area contributed by atoms with E-state index in [0.29, 0.717) is 30.4 Å². The Morgan fingerprint density at radius 1 is 0.561 bits per heavy atom. The van der Waals surface area contributed by atoms with Gasteiger partial charge in [0.05, 0.1) is 13.2 Å². The van der Waals surface area contributed by atoms with Gasteiger partial charge < -0.3 is 70.0 Å². The molecule has 2 fully saturated rings. The number of phenols is 2. The van der Waals surface area contributed by atoms with Crippen molar-refractivity contribution in [1.82, 2.24) is 0 Å². The summed E-state index contributed by atoms with van der Waals surface area (Å²) in [7, 11) is 0. The fraction of sp³-hybridized carbons (Fsp3) is 0.556. The molecule has 10 atom stereocenters. The van der Waals surface area contributed by atoms with Gasteiger partial charge in [0.25, 0.3) is 0 Å². The first-order valence-corrected chi connectivity index (χ1v) is 13.1. The summed E-state index contributed by atoms with van der Waals surface area (Å²) in [6.07, 6.45) is -13.0. The van der Waals surface area contributed by atoms with Crippen LogP contribution in [0.5, 0.6) is 23.0 Å². The maximum Gasteiger partial charge on any atom is 0.229 e. The zero-order valence-corrected chi connectivity index (χ0v) is 21.9. The lowest BCUT2D eigenvalue weighted by atomic mass is 9.99. The van der Waals surface area contributed by atoms with Gasteiger partial charge in [-0.3, -0.25) is 0 Å². The zero-order valence-electron chi connectivity index (χ0n) is 21.9. The van der Waals surface area contributed by atoms with E-state index in [1.165, 1.54) is 24.3 Å². The van der Waals surface area contributed by atoms with Crippen molar-refractivity contribution in [2.24, 2.45) is 0 Å². The number of aryl methyl sites for hydroxylation is 2. The number of hydrogen-bond acceptors (Lipinski definition) is 14. The van der Waals surface area contributed by atoms with Crippen LogP contribution in [0.1, 0.15) is 17.5 Å². The lowest BCUT2D eigenvalue weighted by molar-refractivity contribution is -0.277. The molecule has 2 aliphatic heterocycles. The number of ether oxygens (including phenoxy) is 4. The minimum atomic E-state index is -1.59. The molecule has 2 aromatic rings. The minimum Gasteiger partial charge on any atom is -0.508 e. The van der Waals surface area contributed by atoms with Gasteiger partial charge in [-0.1, -0.05) is 12.1 Å². The number of aromatic hydroxyl groups is 2. The van der Waals surface area contributed by atoms with Crippen molar-refractivity contribution in [1.29, 1.82) is 0 Å². The second-order valence-electron chi connectivity index (χ2n) is 10.1. The molecular weight excluding hydrogens is 548 g/mol. The predicted molar refractivity (Wildman–Crippen MR) is 137 cm³/mol. The summed E-state index contributed by atoms with van der Waals surface area (Å²) in [5, 5.41) is 99.3. The Balaban J connectivity index is 1.30. The Morgan fingerprint density at radius 2 is 0.951 bits per heavy atom. The Hall–Kier alpha value is -2.76. The van der Waals surface area contributed by atoms with Gasteiger partial charge in [-0.2, -0.15) is 0 Å². The molecule has 2 aromatic carbocycles. The molecule has 0 radical (unpaired) electrons. The van der Waals surface area contributed by atoms with Crippen molar-refractivity contribution in [3.8, 4) is 23.0 Å². The second-order valence-corrected chi connectivity index (χ2v) is 10.1. The Morgan fingerprint density at radius 3 is 1.29 bits per heavy atom. The number of hydrogen-bond donors (Lipinski definition) is 10. The monoisotopic (exact) mass is 584 g/mol. The number of aliphatic hydroxyl groups is 8. The van der Waals surface area contributed by atoms with Gasteiger partial charge in [-0.15, -0.1) is 0 Å². The normalized spacial score (nSPS) is 33.9. The highest BCUT2D eigenvalue weighted by atomic mass is 16.7. The van der Waals surface area contributed by atoms with Gasteiger partial charge in [0.1, 0.15) is 71.8 Å². The van der Waals surface area contributed by atoms with Crippen LogP contribution < -0.4 is 9.47 Å². The van der Waals surface area contributed by atoms with Crippen molar-refractivity contribution in [2.75, 3.05) is 13.2 Å². The van der Waals surface area contributed by atoms with Crippen molar-refractivity contribution in [2.45, 2.75) is 80.7 Å². The van der Waals surface area contributed by atoms with Gasteiger partial charge in [0.2, 0.25) is 12.6 Å². The van der Waals surface area contributed by atoms with Gasteiger partial charge in [-0.25, -0.2) is 0 Å². The Kier molecular flexibility index (Phi) is 10.3. The molecule has 2 saturated heterocycles. The highest BCUT2D eigenvalue weighted by molar-refractivity contribution is 5.41. The van der Waals surface area contributed by atoms with E-state index >= 15 is 0 Å². The molecule has 10 N–H and O–H groups in total. The third-order valence-corrected chi connectivity index (χ3v) is 7.21. The van der Waals surface area contributed by atoms with Crippen LogP contribution in [0.3, 0.4) is 0 Å². The second kappa shape index (κ2) is 13.5. The number of phenolic OH excluding ortho intramolecular Hbond substituents is 2. The topological polar surface area (TPSA) is 239 Å². The largest absolute Gasteiger partial charge is 0.508 e. The summed E-state index contributed by atoms with van der Waals surface area (Å²) in [4.78, 5) is 0. The average molecular weight is 585 g/mol. The first-order valence-electron chi connectivity index (χ1n) is 13.1. The smallest absolute Gasteiger partial charge is 0.229 e. The summed E-state index contributed by atoms with van der Waals surface area (Å²) in [6, 6.07) is 8.87. The zero-order chi connectivity index (χ0) is 29.8. The summed E-state index contributed by atoms with van der Waals surface area (Å²) < 4.78 is 21.6. The fourth-order valence-corrected chi connectivity index (χ4v) is 4.72. The lowest BCUT2D eigenvalue weighted by Crippen LogP contribution is -2.60. The minimum absolute atomic E-state index is 0.0976. The van der Waals surface area contributed by atoms with Crippen LogP contribution in [-0.2, 0) is 22.3 Å². The van der Waals surface area contributed by atoms with Gasteiger partial charge in [0.15, 0.2) is 0 Å². The molecule has 41 heavy (non-hydrogen) atoms. The highest BCUT2D eigenvalue weighted by Gasteiger charge is 2.45. The summed E-state index contributed by atoms with van der Waals surface area (Å²) >= 11 is 0. The standard InChI is InChI=1S/C27H36O14/c28-10-18-20(32)22(34)24(36)26(40-18)38-14-6-4-12(16(30)8-14)2-1-3-13-5-7-15(9-17(13)31)39-27-25(37)23(35)21(33)19(11-29)41-27/h4-9,18-37H,1-3,10-11H2/t18-,19-,20-,21-,22+,23+,24+,25+,26?,27?/m1/s1. The maximum absolute atomic E-state index is 10.5. The average Bonchev–Trinajstić information content (AvgIpc) is 2.95. The van der Waals surface area contributed by atoms with E-state index in [1.54, 1.807) is 12.1 Å². The summed E-state index contributed by atoms with van der Waals surface area (Å²) in [5.41, 5.74) is 1.15. The van der Waals surface area contributed by atoms with E-state index in [9.17, 15) is 51.1 Å². The van der Waals surface area contributed by atoms with Crippen LogP contribution in [0, 0.1) is 0 Å². The molecule has 2 aliphatic rings. The molecule has 2 heterocycles. The van der Waals surface area contributed by atoms with Crippen molar-refractivity contribution >= 4 is 0 Å². The van der Waals surface area contributed by atoms with Crippen LogP contribution in [-0.4, -0.2) is 126 Å². The first kappa shape index (κ1) is 31.2. The van der Waals surface area contributed by atoms with Crippen molar-refractivity contribution < 1.29 is 70.0 Å². The van der Waals surface area contributed by atoms with Crippen LogP contribution in [0.4, 0.5) is 0 Å². The van der Waals surface area contributed by atoms with E-state index in [0.717, 1.165) is 0 Å². The van der Waals surface area contributed by atoms with E-state index < -0.39 is 74.6 Å². The maximum atomic E-state index is 10.5. The third kappa shape index (κ3) is 7.01. The van der Waals surface area contributed by atoms with Crippen LogP contribution in [0.25, 0.3) is 0 Å². The molecule has 14 nitrogen and oxygen atoms in total. The van der Waals surface area contributed by atoms with Crippen LogP contribution in [0.15, 0.2) is 36.4 Å². The molecular formula is C27H36O14. The highest BCUT2D eigenvalue weighted by Crippen LogP contribution is 2.31. The van der Waals surface area contributed by atoms with Crippen LogP contribution >= 0.6 is 0 Å². The molecule has 2 unspecified atom stereocenters. The van der Waals surface area contributed by atoms with Gasteiger partial charge in [0, 0.05) is 12.1 Å². The molecule has 0 saturated carbocycles. The molecule has 228 valence electrons. The van der Waals surface area contributed by atoms with E-state index in [4.69, 9.17) is 18.9 Å². The molecule has 0 bridgehead atoms. The molecule has 0 aromatic heterocycles.